The lowest BCUT2D eigenvalue weighted by Gasteiger charge is -1.73. The normalized spacial score (nSPS) is 9.71. The highest BCUT2D eigenvalue weighted by molar-refractivity contribution is 7.21. The van der Waals surface area contributed by atoms with Crippen molar-refractivity contribution in [1.82, 2.24) is 9.32 Å². The Labute approximate surface area is 42.2 Å². The van der Waals surface area contributed by atoms with Crippen LogP contribution in [0.15, 0.2) is 18.7 Å². The maximum atomic E-state index is 9.89. The lowest BCUT2D eigenvalue weighted by Crippen LogP contribution is -1.66. The first-order chi connectivity index (χ1) is 3.43. The van der Waals surface area contributed by atoms with E-state index in [4.69, 9.17) is 0 Å². The van der Waals surface area contributed by atoms with Crippen LogP contribution in [0, 0.1) is 0 Å². The highest BCUT2D eigenvalue weighted by atomic mass is 31.1. The molecule has 1 aromatic rings. The van der Waals surface area contributed by atoms with Gasteiger partial charge in [0.15, 0.2) is 0 Å². The Morgan fingerprint density at radius 1 is 1.71 bits per heavy atom. The fourth-order valence-corrected chi connectivity index (χ4v) is 0.516. The Morgan fingerprint density at radius 2 is 2.57 bits per heavy atom. The quantitative estimate of drug-likeness (QED) is 0.509. The Hall–Kier alpha value is -0.690. The Bertz CT molecular complexity index is 148. The molecule has 0 aliphatic heterocycles. The summed E-state index contributed by atoms with van der Waals surface area (Å²) in [5, 5.41) is 0. The predicted octanol–water partition coefficient (Wildman–Crippen LogP) is 0.938. The number of rotatable bonds is 1. The first-order valence-electron chi connectivity index (χ1n) is 1.75. The molecule has 1 heterocycles. The third-order valence-electron chi connectivity index (χ3n) is 0.585. The summed E-state index contributed by atoms with van der Waals surface area (Å²) in [6, 6.07) is 0. The molecule has 0 aliphatic carbocycles. The number of nitrogens with zero attached hydrogens (tertiary/aromatic N) is 2. The molecule has 0 radical (unpaired) electrons. The fourth-order valence-electron chi connectivity index (χ4n) is 0.300. The summed E-state index contributed by atoms with van der Waals surface area (Å²) in [4.78, 5) is 3.65. The van der Waals surface area contributed by atoms with E-state index < -0.39 is 0 Å². The second-order valence-electron chi connectivity index (χ2n) is 1.02. The lowest BCUT2D eigenvalue weighted by atomic mass is 11.0. The summed E-state index contributed by atoms with van der Waals surface area (Å²) in [6.45, 7) is 0. The molecule has 0 spiro atoms. The third-order valence-corrected chi connectivity index (χ3v) is 1.01. The van der Waals surface area contributed by atoms with Crippen molar-refractivity contribution in [1.29, 1.82) is 0 Å². The Morgan fingerprint density at radius 3 is 2.86 bits per heavy atom. The first kappa shape index (κ1) is 4.47. The zero-order chi connectivity index (χ0) is 5.11. The molecule has 36 valence electrons. The minimum atomic E-state index is -0.0309. The molecule has 0 aromatic carbocycles. The van der Waals surface area contributed by atoms with Gasteiger partial charge in [-0.25, -0.2) is 9.55 Å². The van der Waals surface area contributed by atoms with Crippen LogP contribution in [0.2, 0.25) is 0 Å². The van der Waals surface area contributed by atoms with Gasteiger partial charge >= 0.3 is 0 Å². The van der Waals surface area contributed by atoms with Gasteiger partial charge in [-0.1, -0.05) is 0 Å². The number of aromatic nitrogens is 2. The molecule has 0 N–H and O–H groups in total. The van der Waals surface area contributed by atoms with Crippen LogP contribution in [0.1, 0.15) is 0 Å². The van der Waals surface area contributed by atoms with Crippen molar-refractivity contribution in [3.05, 3.63) is 18.7 Å². The molecular formula is C3H3N2OP. The van der Waals surface area contributed by atoms with Gasteiger partial charge in [-0.15, -0.1) is 0 Å². The van der Waals surface area contributed by atoms with Gasteiger partial charge in [0.1, 0.15) is 6.33 Å². The number of hydrogen-bond acceptors (Lipinski definition) is 2. The molecule has 0 saturated carbocycles. The second kappa shape index (κ2) is 1.85. The van der Waals surface area contributed by atoms with E-state index in [0.29, 0.717) is 0 Å². The first-order valence-corrected chi connectivity index (χ1v) is 2.51. The molecule has 0 atom stereocenters. The monoisotopic (exact) mass is 114 g/mol. The van der Waals surface area contributed by atoms with Crippen LogP contribution in [0.25, 0.3) is 0 Å². The molecule has 0 bridgehead atoms. The largest absolute Gasteiger partial charge is 0.287 e. The summed E-state index contributed by atoms with van der Waals surface area (Å²) in [5.41, 5.74) is 0. The lowest BCUT2D eigenvalue weighted by molar-refractivity contribution is 0.594. The van der Waals surface area contributed by atoms with E-state index in [1.165, 1.54) is 10.7 Å². The van der Waals surface area contributed by atoms with E-state index in [-0.39, 0.29) is 8.61 Å². The number of imidazole rings is 1. The van der Waals surface area contributed by atoms with Gasteiger partial charge in [-0.2, -0.15) is 0 Å². The minimum absolute atomic E-state index is 0.0309. The summed E-state index contributed by atoms with van der Waals surface area (Å²) in [5.74, 6) is 0. The van der Waals surface area contributed by atoms with Crippen molar-refractivity contribution in [2.45, 2.75) is 0 Å². The molecule has 0 saturated heterocycles. The van der Waals surface area contributed by atoms with Crippen molar-refractivity contribution in [2.24, 2.45) is 0 Å². The van der Waals surface area contributed by atoms with Gasteiger partial charge in [0.25, 0.3) is 8.61 Å². The van der Waals surface area contributed by atoms with E-state index >= 15 is 0 Å². The molecule has 0 fully saturated rings. The molecular weight excluding hydrogens is 111 g/mol. The van der Waals surface area contributed by atoms with Crippen LogP contribution < -0.4 is 0 Å². The van der Waals surface area contributed by atoms with Crippen molar-refractivity contribution in [2.75, 3.05) is 0 Å². The highest BCUT2D eigenvalue weighted by Crippen LogP contribution is 1.95. The van der Waals surface area contributed by atoms with Crippen molar-refractivity contribution >= 4 is 8.61 Å². The Balaban J connectivity index is 2.96. The fraction of sp³-hybridized carbons (Fsp3) is 0. The SMILES string of the molecule is O=Pn1ccnc1. The van der Waals surface area contributed by atoms with Gasteiger partial charge in [-0.05, 0) is 0 Å². The molecule has 4 heteroatoms. The average molecular weight is 114 g/mol. The predicted molar refractivity (Wildman–Crippen MR) is 25.2 cm³/mol. The number of hydrogen-bond donors (Lipinski definition) is 0. The smallest absolute Gasteiger partial charge is 0.255 e. The Kier molecular flexibility index (Phi) is 1.18. The standard InChI is InChI=1S/C3H3N2OP/c6-7-5-2-1-4-3-5/h1-3H. The van der Waals surface area contributed by atoms with Crippen LogP contribution in [-0.2, 0) is 4.57 Å². The van der Waals surface area contributed by atoms with E-state index in [2.05, 4.69) is 4.98 Å². The van der Waals surface area contributed by atoms with Crippen LogP contribution in [-0.4, -0.2) is 9.32 Å². The van der Waals surface area contributed by atoms with Crippen molar-refractivity contribution < 1.29 is 4.57 Å². The van der Waals surface area contributed by atoms with Gasteiger partial charge in [0.2, 0.25) is 0 Å². The molecule has 0 amide bonds. The minimum Gasteiger partial charge on any atom is -0.255 e. The summed E-state index contributed by atoms with van der Waals surface area (Å²) >= 11 is 0. The summed E-state index contributed by atoms with van der Waals surface area (Å²) < 4.78 is 11.3. The summed E-state index contributed by atoms with van der Waals surface area (Å²) in [7, 11) is -0.0309. The van der Waals surface area contributed by atoms with Crippen LogP contribution in [0.3, 0.4) is 0 Å². The van der Waals surface area contributed by atoms with Gasteiger partial charge in [-0.3, -0.25) is 4.34 Å². The van der Waals surface area contributed by atoms with E-state index in [0.717, 1.165) is 0 Å². The second-order valence-corrected chi connectivity index (χ2v) is 1.65. The van der Waals surface area contributed by atoms with Crippen molar-refractivity contribution in [3.8, 4) is 0 Å². The molecule has 1 rings (SSSR count). The van der Waals surface area contributed by atoms with E-state index in [1.54, 1.807) is 12.4 Å². The molecule has 0 unspecified atom stereocenters. The summed E-state index contributed by atoms with van der Waals surface area (Å²) in [6.07, 6.45) is 4.67. The van der Waals surface area contributed by atoms with E-state index in [1.807, 2.05) is 0 Å². The zero-order valence-electron chi connectivity index (χ0n) is 3.48. The molecule has 7 heavy (non-hydrogen) atoms. The van der Waals surface area contributed by atoms with Gasteiger partial charge in [0.05, 0.1) is 0 Å². The zero-order valence-corrected chi connectivity index (χ0v) is 4.38. The van der Waals surface area contributed by atoms with E-state index in [9.17, 15) is 4.57 Å². The maximum Gasteiger partial charge on any atom is 0.287 e. The maximum absolute atomic E-state index is 9.89. The third kappa shape index (κ3) is 0.842. The van der Waals surface area contributed by atoms with Crippen molar-refractivity contribution in [3.63, 3.8) is 0 Å². The van der Waals surface area contributed by atoms with Crippen LogP contribution >= 0.6 is 8.61 Å². The topological polar surface area (TPSA) is 34.9 Å². The molecule has 0 aliphatic rings. The van der Waals surface area contributed by atoms with Gasteiger partial charge in [0, 0.05) is 12.4 Å². The average Bonchev–Trinajstić information content (AvgIpc) is 2.14. The molecule has 1 aromatic heterocycles. The van der Waals surface area contributed by atoms with Gasteiger partial charge < -0.3 is 0 Å². The van der Waals surface area contributed by atoms with Crippen LogP contribution in [0.5, 0.6) is 0 Å². The highest BCUT2D eigenvalue weighted by Gasteiger charge is 1.78. The van der Waals surface area contributed by atoms with Crippen LogP contribution in [0.4, 0.5) is 0 Å². The molecule has 3 nitrogen and oxygen atoms in total.